The van der Waals surface area contributed by atoms with Crippen LogP contribution in [0.25, 0.3) is 0 Å². The molecular weight excluding hydrogens is 234 g/mol. The zero-order chi connectivity index (χ0) is 12.8. The van der Waals surface area contributed by atoms with Crippen LogP contribution in [0.2, 0.25) is 0 Å². The summed E-state index contributed by atoms with van der Waals surface area (Å²) in [5.74, 6) is -3.22. The van der Waals surface area contributed by atoms with Crippen LogP contribution in [-0.2, 0) is 9.59 Å². The van der Waals surface area contributed by atoms with Crippen LogP contribution in [0.4, 0.5) is 14.5 Å². The molecule has 0 spiro atoms. The Morgan fingerprint density at radius 2 is 1.94 bits per heavy atom. The van der Waals surface area contributed by atoms with Crippen molar-refractivity contribution < 1.29 is 23.5 Å². The summed E-state index contributed by atoms with van der Waals surface area (Å²) in [5.41, 5.74) is -0.285. The van der Waals surface area contributed by atoms with Gasteiger partial charge in [0, 0.05) is 6.07 Å². The largest absolute Gasteiger partial charge is 0.480 e. The molecule has 1 rings (SSSR count). The quantitative estimate of drug-likeness (QED) is 0.707. The van der Waals surface area contributed by atoms with Gasteiger partial charge in [0.05, 0.1) is 18.8 Å². The number of amides is 1. The Morgan fingerprint density at radius 1 is 1.24 bits per heavy atom. The zero-order valence-electron chi connectivity index (χ0n) is 8.67. The van der Waals surface area contributed by atoms with Crippen molar-refractivity contribution in [2.24, 2.45) is 0 Å². The van der Waals surface area contributed by atoms with Crippen molar-refractivity contribution in [2.75, 3.05) is 18.4 Å². The lowest BCUT2D eigenvalue weighted by Crippen LogP contribution is -2.32. The van der Waals surface area contributed by atoms with E-state index >= 15 is 0 Å². The monoisotopic (exact) mass is 244 g/mol. The van der Waals surface area contributed by atoms with Gasteiger partial charge < -0.3 is 10.4 Å². The van der Waals surface area contributed by atoms with Crippen molar-refractivity contribution in [3.05, 3.63) is 29.8 Å². The number of halogens is 2. The van der Waals surface area contributed by atoms with E-state index in [1.165, 1.54) is 0 Å². The summed E-state index contributed by atoms with van der Waals surface area (Å²) >= 11 is 0. The van der Waals surface area contributed by atoms with Gasteiger partial charge in [-0.25, -0.2) is 8.78 Å². The van der Waals surface area contributed by atoms with Crippen LogP contribution >= 0.6 is 0 Å². The van der Waals surface area contributed by atoms with E-state index in [0.717, 1.165) is 18.2 Å². The van der Waals surface area contributed by atoms with Gasteiger partial charge in [0.2, 0.25) is 5.91 Å². The Kier molecular flexibility index (Phi) is 4.53. The third-order valence-electron chi connectivity index (χ3n) is 1.76. The van der Waals surface area contributed by atoms with Crippen LogP contribution in [0.5, 0.6) is 0 Å². The average molecular weight is 244 g/mol. The summed E-state index contributed by atoms with van der Waals surface area (Å²) < 4.78 is 25.8. The summed E-state index contributed by atoms with van der Waals surface area (Å²) in [4.78, 5) is 21.3. The number of hydrogen-bond acceptors (Lipinski definition) is 3. The molecule has 1 amide bonds. The number of carboxylic acids is 1. The lowest BCUT2D eigenvalue weighted by Gasteiger charge is -2.06. The Morgan fingerprint density at radius 3 is 2.59 bits per heavy atom. The van der Waals surface area contributed by atoms with E-state index < -0.39 is 23.5 Å². The minimum absolute atomic E-state index is 0.285. The summed E-state index contributed by atoms with van der Waals surface area (Å²) in [5, 5.41) is 12.7. The lowest BCUT2D eigenvalue weighted by atomic mass is 10.3. The maximum atomic E-state index is 13.1. The van der Waals surface area contributed by atoms with Gasteiger partial charge in [-0.3, -0.25) is 14.9 Å². The zero-order valence-corrected chi connectivity index (χ0v) is 8.67. The molecule has 0 saturated heterocycles. The van der Waals surface area contributed by atoms with Crippen molar-refractivity contribution in [3.8, 4) is 0 Å². The number of carboxylic acid groups (broad SMARTS) is 1. The number of carbonyl (C=O) groups is 2. The molecule has 3 N–H and O–H groups in total. The predicted octanol–water partition coefficient (Wildman–Crippen LogP) is 0.577. The molecule has 0 aliphatic heterocycles. The van der Waals surface area contributed by atoms with E-state index in [4.69, 9.17) is 5.11 Å². The second-order valence-electron chi connectivity index (χ2n) is 3.17. The first-order valence-electron chi connectivity index (χ1n) is 4.66. The van der Waals surface area contributed by atoms with Gasteiger partial charge in [0.1, 0.15) is 11.6 Å². The van der Waals surface area contributed by atoms with E-state index in [9.17, 15) is 18.4 Å². The first-order chi connectivity index (χ1) is 7.99. The summed E-state index contributed by atoms with van der Waals surface area (Å²) in [6, 6.07) is 2.65. The minimum Gasteiger partial charge on any atom is -0.480 e. The van der Waals surface area contributed by atoms with E-state index in [0.29, 0.717) is 0 Å². The van der Waals surface area contributed by atoms with Gasteiger partial charge in [-0.15, -0.1) is 0 Å². The Bertz CT molecular complexity index is 438. The molecule has 1 aromatic carbocycles. The van der Waals surface area contributed by atoms with Gasteiger partial charge in [-0.1, -0.05) is 0 Å². The second-order valence-corrected chi connectivity index (χ2v) is 3.17. The van der Waals surface area contributed by atoms with Gasteiger partial charge in [0.15, 0.2) is 0 Å². The van der Waals surface area contributed by atoms with Gasteiger partial charge in [0.25, 0.3) is 0 Å². The Hall–Kier alpha value is -2.02. The van der Waals surface area contributed by atoms with Gasteiger partial charge in [-0.05, 0) is 12.1 Å². The van der Waals surface area contributed by atoms with Crippen LogP contribution in [0.15, 0.2) is 18.2 Å². The molecule has 0 heterocycles. The van der Waals surface area contributed by atoms with Crippen molar-refractivity contribution in [3.63, 3.8) is 0 Å². The SMILES string of the molecule is O=C(O)CNCC(=O)Nc1cc(F)ccc1F. The average Bonchev–Trinajstić information content (AvgIpc) is 2.23. The lowest BCUT2D eigenvalue weighted by molar-refractivity contribution is -0.135. The molecule has 0 atom stereocenters. The molecule has 0 aliphatic rings. The third kappa shape index (κ3) is 4.56. The molecule has 0 aliphatic carbocycles. The normalized spacial score (nSPS) is 10.0. The number of benzene rings is 1. The van der Waals surface area contributed by atoms with Crippen LogP contribution < -0.4 is 10.6 Å². The highest BCUT2D eigenvalue weighted by molar-refractivity contribution is 5.92. The molecule has 92 valence electrons. The molecule has 0 fully saturated rings. The van der Waals surface area contributed by atoms with E-state index in [1.807, 2.05) is 0 Å². The summed E-state index contributed by atoms with van der Waals surface area (Å²) in [6.45, 7) is -0.693. The van der Waals surface area contributed by atoms with Crippen LogP contribution in [0.3, 0.4) is 0 Å². The fourth-order valence-corrected chi connectivity index (χ4v) is 1.07. The smallest absolute Gasteiger partial charge is 0.317 e. The Balaban J connectivity index is 2.50. The molecule has 0 saturated carbocycles. The molecule has 0 aromatic heterocycles. The topological polar surface area (TPSA) is 78.4 Å². The number of rotatable bonds is 5. The second kappa shape index (κ2) is 5.90. The summed E-state index contributed by atoms with van der Waals surface area (Å²) in [7, 11) is 0. The van der Waals surface area contributed by atoms with E-state index in [1.54, 1.807) is 0 Å². The predicted molar refractivity (Wildman–Crippen MR) is 55.5 cm³/mol. The molecule has 0 radical (unpaired) electrons. The number of nitrogens with one attached hydrogen (secondary N) is 2. The van der Waals surface area contributed by atoms with Crippen LogP contribution in [0.1, 0.15) is 0 Å². The maximum absolute atomic E-state index is 13.1. The fourth-order valence-electron chi connectivity index (χ4n) is 1.07. The van der Waals surface area contributed by atoms with Gasteiger partial charge in [-0.2, -0.15) is 0 Å². The molecule has 7 heteroatoms. The summed E-state index contributed by atoms with van der Waals surface area (Å²) in [6.07, 6.45) is 0. The van der Waals surface area contributed by atoms with Crippen LogP contribution in [0, 0.1) is 11.6 Å². The van der Waals surface area contributed by atoms with Gasteiger partial charge >= 0.3 is 5.97 Å². The maximum Gasteiger partial charge on any atom is 0.317 e. The molecule has 5 nitrogen and oxygen atoms in total. The van der Waals surface area contributed by atoms with Crippen molar-refractivity contribution in [1.29, 1.82) is 0 Å². The molecular formula is C10H10F2N2O3. The number of anilines is 1. The highest BCUT2D eigenvalue weighted by Crippen LogP contribution is 2.14. The number of hydrogen-bond donors (Lipinski definition) is 3. The first-order valence-corrected chi connectivity index (χ1v) is 4.66. The molecule has 1 aromatic rings. The fraction of sp³-hybridized carbons (Fsp3) is 0.200. The molecule has 0 unspecified atom stereocenters. The first kappa shape index (κ1) is 13.0. The van der Waals surface area contributed by atoms with Crippen LogP contribution in [-0.4, -0.2) is 30.1 Å². The van der Waals surface area contributed by atoms with Crippen molar-refractivity contribution in [1.82, 2.24) is 5.32 Å². The van der Waals surface area contributed by atoms with E-state index in [2.05, 4.69) is 10.6 Å². The third-order valence-corrected chi connectivity index (χ3v) is 1.76. The highest BCUT2D eigenvalue weighted by Gasteiger charge is 2.08. The molecule has 17 heavy (non-hydrogen) atoms. The highest BCUT2D eigenvalue weighted by atomic mass is 19.1. The van der Waals surface area contributed by atoms with E-state index in [-0.39, 0.29) is 18.8 Å². The van der Waals surface area contributed by atoms with Crippen molar-refractivity contribution in [2.45, 2.75) is 0 Å². The molecule has 0 bridgehead atoms. The standard InChI is InChI=1S/C10H10F2N2O3/c11-6-1-2-7(12)8(3-6)14-9(15)4-13-5-10(16)17/h1-3,13H,4-5H2,(H,14,15)(H,16,17). The number of carbonyl (C=O) groups excluding carboxylic acids is 1. The number of aliphatic carboxylic acids is 1. The van der Waals surface area contributed by atoms with Crippen molar-refractivity contribution >= 4 is 17.6 Å². The minimum atomic E-state index is -1.12. The Labute approximate surface area is 95.4 Å².